The fourth-order valence-corrected chi connectivity index (χ4v) is 1.64. The summed E-state index contributed by atoms with van der Waals surface area (Å²) in [6.45, 7) is 4.18. The van der Waals surface area contributed by atoms with Gasteiger partial charge in [-0.05, 0) is 18.4 Å². The van der Waals surface area contributed by atoms with E-state index in [4.69, 9.17) is 4.42 Å². The lowest BCUT2D eigenvalue weighted by molar-refractivity contribution is 0.525. The lowest BCUT2D eigenvalue weighted by atomic mass is 10.0. The Balaban J connectivity index is 2.45. The van der Waals surface area contributed by atoms with Gasteiger partial charge in [0, 0.05) is 11.8 Å². The summed E-state index contributed by atoms with van der Waals surface area (Å²) < 4.78 is 6.59. The number of hydrogen-bond donors (Lipinski definition) is 0. The molecule has 0 spiro atoms. The molecule has 2 aromatic rings. The van der Waals surface area contributed by atoms with Crippen molar-refractivity contribution in [3.8, 4) is 5.88 Å². The lowest BCUT2D eigenvalue weighted by Gasteiger charge is -2.06. The van der Waals surface area contributed by atoms with Crippen molar-refractivity contribution in [2.24, 2.45) is 5.92 Å². The normalized spacial score (nSPS) is 10.9. The maximum Gasteiger partial charge on any atom is 0.260 e. The fourth-order valence-electron chi connectivity index (χ4n) is 1.64. The number of nitrogens with zero attached hydrogens (tertiary/aromatic N) is 2. The Morgan fingerprint density at radius 2 is 2.31 bits per heavy atom. The largest absolute Gasteiger partial charge is 0.427 e. The van der Waals surface area contributed by atoms with Gasteiger partial charge in [0.2, 0.25) is 5.88 Å². The first-order valence-electron chi connectivity index (χ1n) is 5.28. The summed E-state index contributed by atoms with van der Waals surface area (Å²) in [7, 11) is 0. The van der Waals surface area contributed by atoms with Crippen molar-refractivity contribution in [3.63, 3.8) is 0 Å². The van der Waals surface area contributed by atoms with Crippen molar-refractivity contribution in [3.05, 3.63) is 46.8 Å². The van der Waals surface area contributed by atoms with Gasteiger partial charge in [0.15, 0.2) is 6.39 Å². The minimum Gasteiger partial charge on any atom is -0.427 e. The molecule has 0 amide bonds. The van der Waals surface area contributed by atoms with Crippen LogP contribution in [0.15, 0.2) is 40.1 Å². The van der Waals surface area contributed by atoms with E-state index in [1.807, 2.05) is 12.1 Å². The van der Waals surface area contributed by atoms with E-state index in [0.29, 0.717) is 11.8 Å². The summed E-state index contributed by atoms with van der Waals surface area (Å²) in [5, 5.41) is 0. The summed E-state index contributed by atoms with van der Waals surface area (Å²) in [4.78, 5) is 15.9. The van der Waals surface area contributed by atoms with E-state index < -0.39 is 0 Å². The molecular weight excluding hydrogens is 204 g/mol. The monoisotopic (exact) mass is 218 g/mol. The van der Waals surface area contributed by atoms with Crippen LogP contribution in [0.3, 0.4) is 0 Å². The van der Waals surface area contributed by atoms with Gasteiger partial charge in [0.05, 0.1) is 6.20 Å². The average Bonchev–Trinajstić information content (AvgIpc) is 2.73. The highest BCUT2D eigenvalue weighted by atomic mass is 16.4. The zero-order valence-electron chi connectivity index (χ0n) is 9.38. The summed E-state index contributed by atoms with van der Waals surface area (Å²) in [6, 6.07) is 3.71. The van der Waals surface area contributed by atoms with Crippen LogP contribution in [0.25, 0.3) is 5.88 Å². The van der Waals surface area contributed by atoms with Gasteiger partial charge in [-0.3, -0.25) is 9.36 Å². The summed E-state index contributed by atoms with van der Waals surface area (Å²) in [6.07, 6.45) is 5.30. The first kappa shape index (κ1) is 10.7. The molecule has 0 saturated carbocycles. The first-order chi connectivity index (χ1) is 7.68. The molecule has 0 radical (unpaired) electrons. The van der Waals surface area contributed by atoms with Crippen LogP contribution in [0.1, 0.15) is 19.4 Å². The molecule has 0 atom stereocenters. The van der Waals surface area contributed by atoms with Gasteiger partial charge in [-0.2, -0.15) is 0 Å². The molecule has 4 nitrogen and oxygen atoms in total. The molecule has 0 unspecified atom stereocenters. The molecule has 4 heteroatoms. The summed E-state index contributed by atoms with van der Waals surface area (Å²) in [5.74, 6) is 0.911. The van der Waals surface area contributed by atoms with E-state index in [9.17, 15) is 4.79 Å². The topological polar surface area (TPSA) is 48.0 Å². The van der Waals surface area contributed by atoms with Gasteiger partial charge in [-0.25, -0.2) is 4.98 Å². The van der Waals surface area contributed by atoms with Gasteiger partial charge in [0.25, 0.3) is 5.56 Å². The Morgan fingerprint density at radius 3 is 2.94 bits per heavy atom. The Labute approximate surface area is 93.6 Å². The second-order valence-corrected chi connectivity index (χ2v) is 4.15. The first-order valence-corrected chi connectivity index (χ1v) is 5.28. The zero-order valence-corrected chi connectivity index (χ0v) is 9.38. The van der Waals surface area contributed by atoms with Crippen molar-refractivity contribution in [2.75, 3.05) is 0 Å². The molecule has 0 fully saturated rings. The van der Waals surface area contributed by atoms with Gasteiger partial charge >= 0.3 is 0 Å². The van der Waals surface area contributed by atoms with Crippen molar-refractivity contribution < 1.29 is 4.42 Å². The van der Waals surface area contributed by atoms with Gasteiger partial charge in [0.1, 0.15) is 0 Å². The van der Waals surface area contributed by atoms with Crippen molar-refractivity contribution in [1.29, 1.82) is 0 Å². The van der Waals surface area contributed by atoms with Crippen LogP contribution in [-0.4, -0.2) is 9.55 Å². The highest BCUT2D eigenvalue weighted by molar-refractivity contribution is 5.20. The fraction of sp³-hybridized carbons (Fsp3) is 0.333. The number of oxazole rings is 1. The molecule has 0 bridgehead atoms. The molecule has 0 aliphatic heterocycles. The molecular formula is C12H14N2O2. The van der Waals surface area contributed by atoms with Crippen molar-refractivity contribution in [2.45, 2.75) is 20.3 Å². The van der Waals surface area contributed by atoms with Crippen LogP contribution in [0.2, 0.25) is 0 Å². The van der Waals surface area contributed by atoms with E-state index in [1.54, 1.807) is 6.20 Å². The Bertz CT molecular complexity index is 512. The van der Waals surface area contributed by atoms with Crippen molar-refractivity contribution >= 4 is 0 Å². The highest BCUT2D eigenvalue weighted by Gasteiger charge is 2.08. The van der Waals surface area contributed by atoms with Gasteiger partial charge in [-0.15, -0.1) is 0 Å². The molecule has 0 saturated heterocycles. The second kappa shape index (κ2) is 4.35. The summed E-state index contributed by atoms with van der Waals surface area (Å²) in [5.41, 5.74) is 0.766. The Hall–Kier alpha value is -1.84. The highest BCUT2D eigenvalue weighted by Crippen LogP contribution is 2.06. The molecule has 2 heterocycles. The SMILES string of the molecule is CC(C)Cc1cccn(-c2cnco2)c1=O. The minimum absolute atomic E-state index is 0.0343. The van der Waals surface area contributed by atoms with Gasteiger partial charge in [-0.1, -0.05) is 19.9 Å². The molecule has 0 N–H and O–H groups in total. The molecule has 2 rings (SSSR count). The summed E-state index contributed by atoms with van der Waals surface area (Å²) >= 11 is 0. The quantitative estimate of drug-likeness (QED) is 0.791. The molecule has 16 heavy (non-hydrogen) atoms. The Morgan fingerprint density at radius 1 is 1.50 bits per heavy atom. The molecule has 0 aliphatic carbocycles. The standard InChI is InChI=1S/C12H14N2O2/c1-9(2)6-10-4-3-5-14(12(10)15)11-7-13-8-16-11/h3-5,7-9H,6H2,1-2H3. The number of rotatable bonds is 3. The van der Waals surface area contributed by atoms with E-state index in [2.05, 4.69) is 18.8 Å². The van der Waals surface area contributed by atoms with E-state index in [1.165, 1.54) is 17.2 Å². The lowest BCUT2D eigenvalue weighted by Crippen LogP contribution is -2.22. The van der Waals surface area contributed by atoms with Crippen LogP contribution in [-0.2, 0) is 6.42 Å². The molecule has 2 aromatic heterocycles. The second-order valence-electron chi connectivity index (χ2n) is 4.15. The predicted octanol–water partition coefficient (Wildman–Crippen LogP) is 2.02. The average molecular weight is 218 g/mol. The van der Waals surface area contributed by atoms with Crippen LogP contribution >= 0.6 is 0 Å². The van der Waals surface area contributed by atoms with E-state index in [-0.39, 0.29) is 5.56 Å². The van der Waals surface area contributed by atoms with E-state index >= 15 is 0 Å². The molecule has 0 aromatic carbocycles. The maximum absolute atomic E-state index is 12.1. The third-order valence-corrected chi connectivity index (χ3v) is 2.31. The third-order valence-electron chi connectivity index (χ3n) is 2.31. The third kappa shape index (κ3) is 2.05. The molecule has 0 aliphatic rings. The van der Waals surface area contributed by atoms with Crippen LogP contribution in [0.4, 0.5) is 0 Å². The van der Waals surface area contributed by atoms with E-state index in [0.717, 1.165) is 12.0 Å². The van der Waals surface area contributed by atoms with Crippen LogP contribution in [0, 0.1) is 5.92 Å². The number of aromatic nitrogens is 2. The predicted molar refractivity (Wildman–Crippen MR) is 60.6 cm³/mol. The Kier molecular flexibility index (Phi) is 2.90. The van der Waals surface area contributed by atoms with Crippen LogP contribution in [0.5, 0.6) is 0 Å². The smallest absolute Gasteiger partial charge is 0.260 e. The van der Waals surface area contributed by atoms with Crippen LogP contribution < -0.4 is 5.56 Å². The van der Waals surface area contributed by atoms with Crippen molar-refractivity contribution in [1.82, 2.24) is 9.55 Å². The minimum atomic E-state index is -0.0343. The van der Waals surface area contributed by atoms with Gasteiger partial charge < -0.3 is 4.42 Å². The maximum atomic E-state index is 12.1. The zero-order chi connectivity index (χ0) is 11.5. The molecule has 84 valence electrons. The number of hydrogen-bond acceptors (Lipinski definition) is 3. The number of pyridine rings is 1.